The Labute approximate surface area is 138 Å². The fourth-order valence-corrected chi connectivity index (χ4v) is 2.68. The number of hydrogen-bond donors (Lipinski definition) is 2. The van der Waals surface area contributed by atoms with E-state index in [9.17, 15) is 4.79 Å². The Bertz CT molecular complexity index is 647. The molecule has 0 spiro atoms. The van der Waals surface area contributed by atoms with Crippen molar-refractivity contribution in [3.63, 3.8) is 0 Å². The maximum atomic E-state index is 12.2. The van der Waals surface area contributed by atoms with Crippen LogP contribution in [-0.2, 0) is 17.6 Å². The van der Waals surface area contributed by atoms with E-state index < -0.39 is 0 Å². The summed E-state index contributed by atoms with van der Waals surface area (Å²) in [7, 11) is 0. The fourth-order valence-electron chi connectivity index (χ4n) is 2.68. The third-order valence-electron chi connectivity index (χ3n) is 3.82. The summed E-state index contributed by atoms with van der Waals surface area (Å²) >= 11 is 0. The zero-order valence-corrected chi connectivity index (χ0v) is 14.2. The molecular formula is C20H26N2O. The molecule has 0 saturated heterocycles. The van der Waals surface area contributed by atoms with Crippen LogP contribution in [0.5, 0.6) is 0 Å². The predicted octanol–water partition coefficient (Wildman–Crippen LogP) is 3.89. The highest BCUT2D eigenvalue weighted by molar-refractivity contribution is 5.79. The van der Waals surface area contributed by atoms with Crippen molar-refractivity contribution in [2.75, 3.05) is 5.73 Å². The minimum atomic E-state index is -0.00309. The normalized spacial score (nSPS) is 12.2. The quantitative estimate of drug-likeness (QED) is 0.795. The maximum absolute atomic E-state index is 12.2. The average Bonchev–Trinajstić information content (AvgIpc) is 2.47. The van der Waals surface area contributed by atoms with Gasteiger partial charge < -0.3 is 11.1 Å². The minimum absolute atomic E-state index is 0.00309. The zero-order valence-electron chi connectivity index (χ0n) is 14.2. The summed E-state index contributed by atoms with van der Waals surface area (Å²) in [6.07, 6.45) is 1.43. The summed E-state index contributed by atoms with van der Waals surface area (Å²) in [5, 5.41) is 3.04. The number of nitrogen functional groups attached to an aromatic ring is 1. The molecule has 1 atom stereocenters. The summed E-state index contributed by atoms with van der Waals surface area (Å²) in [5.74, 6) is 0.658. The fraction of sp³-hybridized carbons (Fsp3) is 0.350. The number of hydrogen-bond acceptors (Lipinski definition) is 2. The molecule has 1 amide bonds. The van der Waals surface area contributed by atoms with Crippen LogP contribution >= 0.6 is 0 Å². The summed E-state index contributed by atoms with van der Waals surface area (Å²) in [6.45, 7) is 6.44. The molecule has 3 nitrogen and oxygen atoms in total. The van der Waals surface area contributed by atoms with E-state index in [1.165, 1.54) is 5.56 Å². The second-order valence-corrected chi connectivity index (χ2v) is 6.55. The first-order chi connectivity index (χ1) is 10.9. The molecule has 2 aromatic rings. The van der Waals surface area contributed by atoms with Crippen molar-refractivity contribution in [3.05, 3.63) is 65.2 Å². The first-order valence-electron chi connectivity index (χ1n) is 8.16. The summed E-state index contributed by atoms with van der Waals surface area (Å²) in [4.78, 5) is 12.2. The highest BCUT2D eigenvalue weighted by atomic mass is 16.1. The lowest BCUT2D eigenvalue weighted by molar-refractivity contribution is -0.121. The van der Waals surface area contributed by atoms with Crippen LogP contribution in [0.15, 0.2) is 48.5 Å². The molecule has 0 fully saturated rings. The van der Waals surface area contributed by atoms with Crippen molar-refractivity contribution in [2.45, 2.75) is 39.7 Å². The number of amides is 1. The van der Waals surface area contributed by atoms with Gasteiger partial charge in [0.25, 0.3) is 0 Å². The van der Waals surface area contributed by atoms with Crippen LogP contribution in [0.3, 0.4) is 0 Å². The Balaban J connectivity index is 1.92. The molecule has 0 aliphatic rings. The SMILES string of the molecule is CC(C)Cc1ccc(C(C)NC(=O)Cc2cccc(N)c2)cc1. The van der Waals surface area contributed by atoms with Crippen molar-refractivity contribution in [3.8, 4) is 0 Å². The van der Waals surface area contributed by atoms with Crippen LogP contribution in [0.2, 0.25) is 0 Å². The van der Waals surface area contributed by atoms with Gasteiger partial charge in [0.15, 0.2) is 0 Å². The molecule has 0 radical (unpaired) electrons. The van der Waals surface area contributed by atoms with Crippen molar-refractivity contribution in [2.24, 2.45) is 5.92 Å². The molecule has 0 saturated carbocycles. The molecule has 122 valence electrons. The number of rotatable bonds is 6. The monoisotopic (exact) mass is 310 g/mol. The zero-order chi connectivity index (χ0) is 16.8. The first kappa shape index (κ1) is 17.1. The van der Waals surface area contributed by atoms with Crippen molar-refractivity contribution in [1.82, 2.24) is 5.32 Å². The molecule has 0 aliphatic carbocycles. The van der Waals surface area contributed by atoms with Crippen LogP contribution in [-0.4, -0.2) is 5.91 Å². The smallest absolute Gasteiger partial charge is 0.224 e. The molecule has 0 aromatic heterocycles. The van der Waals surface area contributed by atoms with Gasteiger partial charge in [0.1, 0.15) is 0 Å². The molecule has 0 heterocycles. The second kappa shape index (κ2) is 7.82. The number of nitrogens with two attached hydrogens (primary N) is 1. The van der Waals surface area contributed by atoms with Crippen molar-refractivity contribution < 1.29 is 4.79 Å². The molecular weight excluding hydrogens is 284 g/mol. The number of nitrogens with one attached hydrogen (secondary N) is 1. The van der Waals surface area contributed by atoms with Gasteiger partial charge in [-0.15, -0.1) is 0 Å². The standard InChI is InChI=1S/C20H26N2O/c1-14(2)11-16-7-9-18(10-8-16)15(3)22-20(23)13-17-5-4-6-19(21)12-17/h4-10,12,14-15H,11,13,21H2,1-3H3,(H,22,23). The van der Waals surface area contributed by atoms with Gasteiger partial charge in [0.2, 0.25) is 5.91 Å². The van der Waals surface area contributed by atoms with Gasteiger partial charge in [-0.05, 0) is 48.1 Å². The van der Waals surface area contributed by atoms with Crippen molar-refractivity contribution >= 4 is 11.6 Å². The third-order valence-corrected chi connectivity index (χ3v) is 3.82. The van der Waals surface area contributed by atoms with Gasteiger partial charge in [-0.25, -0.2) is 0 Å². The van der Waals surface area contributed by atoms with Gasteiger partial charge in [-0.3, -0.25) is 4.79 Å². The maximum Gasteiger partial charge on any atom is 0.224 e. The van der Waals surface area contributed by atoms with E-state index in [4.69, 9.17) is 5.73 Å². The van der Waals surface area contributed by atoms with E-state index in [0.717, 1.165) is 17.5 Å². The lowest BCUT2D eigenvalue weighted by atomic mass is 10.00. The Hall–Kier alpha value is -2.29. The minimum Gasteiger partial charge on any atom is -0.399 e. The van der Waals surface area contributed by atoms with E-state index in [1.807, 2.05) is 31.2 Å². The summed E-state index contributed by atoms with van der Waals surface area (Å²) in [5.41, 5.74) is 9.82. The molecule has 23 heavy (non-hydrogen) atoms. The van der Waals surface area contributed by atoms with Crippen LogP contribution in [0.1, 0.15) is 43.5 Å². The van der Waals surface area contributed by atoms with Crippen molar-refractivity contribution in [1.29, 1.82) is 0 Å². The third kappa shape index (κ3) is 5.44. The highest BCUT2D eigenvalue weighted by Crippen LogP contribution is 2.16. The summed E-state index contributed by atoms with van der Waals surface area (Å²) in [6, 6.07) is 15.9. The Morgan fingerprint density at radius 3 is 2.35 bits per heavy atom. The second-order valence-electron chi connectivity index (χ2n) is 6.55. The number of anilines is 1. The molecule has 1 unspecified atom stereocenters. The highest BCUT2D eigenvalue weighted by Gasteiger charge is 2.10. The lowest BCUT2D eigenvalue weighted by Gasteiger charge is -2.15. The van der Waals surface area contributed by atoms with E-state index in [1.54, 1.807) is 0 Å². The van der Waals surface area contributed by atoms with Gasteiger partial charge in [0, 0.05) is 5.69 Å². The topological polar surface area (TPSA) is 55.1 Å². The predicted molar refractivity (Wildman–Crippen MR) is 96.1 cm³/mol. The molecule has 3 heteroatoms. The van der Waals surface area contributed by atoms with Gasteiger partial charge >= 0.3 is 0 Å². The van der Waals surface area contributed by atoms with Gasteiger partial charge in [-0.2, -0.15) is 0 Å². The Morgan fingerprint density at radius 2 is 1.74 bits per heavy atom. The summed E-state index contributed by atoms with van der Waals surface area (Å²) < 4.78 is 0. The van der Waals surface area contributed by atoms with Crippen LogP contribution in [0.25, 0.3) is 0 Å². The van der Waals surface area contributed by atoms with Crippen LogP contribution in [0, 0.1) is 5.92 Å². The molecule has 2 rings (SSSR count). The average molecular weight is 310 g/mol. The number of benzene rings is 2. The first-order valence-corrected chi connectivity index (χ1v) is 8.16. The van der Waals surface area contributed by atoms with E-state index in [-0.39, 0.29) is 11.9 Å². The lowest BCUT2D eigenvalue weighted by Crippen LogP contribution is -2.28. The molecule has 2 aromatic carbocycles. The number of carbonyl (C=O) groups excluding carboxylic acids is 1. The molecule has 3 N–H and O–H groups in total. The van der Waals surface area contributed by atoms with Gasteiger partial charge in [0.05, 0.1) is 12.5 Å². The Morgan fingerprint density at radius 1 is 1.04 bits per heavy atom. The largest absolute Gasteiger partial charge is 0.399 e. The van der Waals surface area contributed by atoms with E-state index in [0.29, 0.717) is 18.0 Å². The van der Waals surface area contributed by atoms with Gasteiger partial charge in [-0.1, -0.05) is 50.2 Å². The van der Waals surface area contributed by atoms with Crippen LogP contribution < -0.4 is 11.1 Å². The number of carbonyl (C=O) groups is 1. The van der Waals surface area contributed by atoms with E-state index >= 15 is 0 Å². The molecule has 0 aliphatic heterocycles. The van der Waals surface area contributed by atoms with Crippen LogP contribution in [0.4, 0.5) is 5.69 Å². The molecule has 0 bridgehead atoms. The van der Waals surface area contributed by atoms with E-state index in [2.05, 4.69) is 43.4 Å². The Kier molecular flexibility index (Phi) is 5.80.